The van der Waals surface area contributed by atoms with E-state index >= 15 is 0 Å². The van der Waals surface area contributed by atoms with E-state index in [9.17, 15) is 24.0 Å². The van der Waals surface area contributed by atoms with Crippen molar-refractivity contribution in [3.8, 4) is 0 Å². The minimum absolute atomic E-state index is 0.202. The maximum atomic E-state index is 11.6. The monoisotopic (exact) mass is 1920 g/mol. The average Bonchev–Trinajstić information content (AvgIpc) is 1.15. The first-order chi connectivity index (χ1) is 59.3. The highest BCUT2D eigenvalue weighted by molar-refractivity contribution is 9.09. The first kappa shape index (κ1) is 116. The number of allylic oxidation sites excluding steroid dienone is 2. The molecule has 0 spiro atoms. The lowest BCUT2D eigenvalue weighted by atomic mass is 10.2. The summed E-state index contributed by atoms with van der Waals surface area (Å²) in [7, 11) is -7.44. The molecule has 0 radical (unpaired) electrons. The predicted octanol–water partition coefficient (Wildman–Crippen LogP) is 23.0. The van der Waals surface area contributed by atoms with Gasteiger partial charge in [0, 0.05) is 107 Å². The third-order valence-electron chi connectivity index (χ3n) is 23.5. The van der Waals surface area contributed by atoms with Gasteiger partial charge in [0.25, 0.3) is 0 Å². The highest BCUT2D eigenvalue weighted by atomic mass is 79.9. The molecule has 1 aliphatic heterocycles. The molecule has 128 heavy (non-hydrogen) atoms. The molecule has 0 bridgehead atoms. The van der Waals surface area contributed by atoms with Crippen molar-refractivity contribution >= 4 is 94.0 Å². The largest absolute Gasteiger partial charge is 0.460 e. The standard InChI is InChI=1S/2C13H24N2O2Si.2C13H14N2O2.2C12H24N2OSi.C9H9BrO2.C7H18Si.C5H7N/c1-11-9-15(12(10-16)14-11)7-8-17-18(5,6)13(2,3)4;1-11-9-14-12(10-16)15(11)7-8-17-18(5,6)13(2,3)4;1-11-7-15(10-14-11)8-13(16)17-9-12-5-3-2-4-6-12;1-11-7-14-10-15(11)8-13(16)17-9-12-5-3-2-4-6-12;1-11-9-14(10-13-11)7-8-15-16(5,6)12(2,3)4;1-11-9-13-10-14(11)7-8-15-16(5,6)12(2,3)4;10-6-9(11)12-7-8-4-2-1-3-5-8;1-7(2,3)8(4,5)6;1-5-3-2-4-6-5/h2*9-10H,7-8H2,1-6H3;2*2-7,10H,8-9H2,1H3;2*9-10H,7-8H2,1-6H3;1-5H,6-7H2;1-6H3;3-4H,2H2,1H3. The summed E-state index contributed by atoms with van der Waals surface area (Å²) < 4.78 is 51.0. The Hall–Kier alpha value is -8.52. The predicted molar refractivity (Wildman–Crippen MR) is 538 cm³/mol. The smallest absolute Gasteiger partial charge is 0.326 e. The third-order valence-corrected chi connectivity index (χ3v) is 46.6. The molecule has 31 heteroatoms. The lowest BCUT2D eigenvalue weighted by Crippen LogP contribution is -2.41. The number of ether oxygens (including phenoxy) is 3. The first-order valence-corrected chi connectivity index (χ1v) is 60.3. The molecule has 710 valence electrons. The van der Waals surface area contributed by atoms with Crippen LogP contribution in [0.1, 0.15) is 189 Å². The van der Waals surface area contributed by atoms with Gasteiger partial charge in [-0.15, -0.1) is 0 Å². The quantitative estimate of drug-likeness (QED) is 0.0139. The van der Waals surface area contributed by atoms with Crippen molar-refractivity contribution < 1.29 is 55.9 Å². The Balaban J connectivity index is 0.000000494. The van der Waals surface area contributed by atoms with E-state index < -0.39 is 41.3 Å². The van der Waals surface area contributed by atoms with Crippen LogP contribution < -0.4 is 0 Å². The van der Waals surface area contributed by atoms with Crippen molar-refractivity contribution in [2.45, 2.75) is 315 Å². The number of aldehydes is 2. The van der Waals surface area contributed by atoms with Gasteiger partial charge in [0.1, 0.15) is 38.2 Å². The molecule has 0 atom stereocenters. The van der Waals surface area contributed by atoms with Crippen molar-refractivity contribution in [2.75, 3.05) is 31.8 Å². The van der Waals surface area contributed by atoms with Gasteiger partial charge in [-0.05, 0) is 143 Å². The Morgan fingerprint density at radius 1 is 0.406 bits per heavy atom. The average molecular weight is 1920 g/mol. The fourth-order valence-corrected chi connectivity index (χ4v) is 13.9. The number of aryl methyl sites for hydroxylation is 6. The summed E-state index contributed by atoms with van der Waals surface area (Å²) in [4.78, 5) is 84.0. The molecule has 0 N–H and O–H groups in total. The maximum absolute atomic E-state index is 11.6. The van der Waals surface area contributed by atoms with E-state index in [1.165, 1.54) is 5.69 Å². The van der Waals surface area contributed by atoms with E-state index in [-0.39, 0.29) is 56.5 Å². The summed E-state index contributed by atoms with van der Waals surface area (Å²) in [6.45, 7) is 80.3. The molecule has 0 fully saturated rings. The number of hydrogen-bond acceptors (Lipinski definition) is 19. The molecule has 0 amide bonds. The van der Waals surface area contributed by atoms with Gasteiger partial charge in [0.15, 0.2) is 57.5 Å². The van der Waals surface area contributed by atoms with Gasteiger partial charge in [-0.25, -0.2) is 29.9 Å². The van der Waals surface area contributed by atoms with Gasteiger partial charge in [-0.2, -0.15) is 0 Å². The number of aliphatic imine (C=N–C) groups is 1. The molecule has 25 nitrogen and oxygen atoms in total. The Morgan fingerprint density at radius 2 is 0.773 bits per heavy atom. The van der Waals surface area contributed by atoms with E-state index in [4.69, 9.17) is 31.9 Å². The lowest BCUT2D eigenvalue weighted by molar-refractivity contribution is -0.146. The van der Waals surface area contributed by atoms with Gasteiger partial charge in [-0.1, -0.05) is 236 Å². The van der Waals surface area contributed by atoms with Crippen LogP contribution in [0, 0.1) is 41.5 Å². The number of imidazole rings is 6. The van der Waals surface area contributed by atoms with Crippen LogP contribution in [-0.2, 0) is 105 Å². The van der Waals surface area contributed by atoms with E-state index in [1.807, 2.05) is 179 Å². The van der Waals surface area contributed by atoms with E-state index in [0.29, 0.717) is 62.8 Å². The lowest BCUT2D eigenvalue weighted by Gasteiger charge is -2.36. The minimum Gasteiger partial charge on any atom is -0.460 e. The van der Waals surface area contributed by atoms with Crippen LogP contribution in [0.2, 0.25) is 97.2 Å². The Bertz CT molecular complexity index is 4720. The minimum atomic E-state index is -1.71. The zero-order valence-corrected chi connectivity index (χ0v) is 90.5. The van der Waals surface area contributed by atoms with Gasteiger partial charge in [-0.3, -0.25) is 29.0 Å². The van der Waals surface area contributed by atoms with Gasteiger partial charge in [0.2, 0.25) is 0 Å². The van der Waals surface area contributed by atoms with Crippen LogP contribution in [0.25, 0.3) is 0 Å². The third kappa shape index (κ3) is 45.4. The van der Waals surface area contributed by atoms with Crippen molar-refractivity contribution in [3.63, 3.8) is 0 Å². The van der Waals surface area contributed by atoms with Crippen LogP contribution in [0.4, 0.5) is 0 Å². The van der Waals surface area contributed by atoms with Crippen molar-refractivity contribution in [2.24, 2.45) is 4.99 Å². The number of carbonyl (C=O) groups is 5. The van der Waals surface area contributed by atoms with Crippen molar-refractivity contribution in [3.05, 3.63) is 228 Å². The molecular formula is C97H158BrN13O12Si5. The fraction of sp³-hybridized carbons (Fsp3) is 0.546. The zero-order chi connectivity index (χ0) is 97.1. The summed E-state index contributed by atoms with van der Waals surface area (Å²) in [5, 5.41) is 1.83. The van der Waals surface area contributed by atoms with Crippen LogP contribution in [0.5, 0.6) is 0 Å². The molecule has 1 aliphatic rings. The molecule has 0 saturated carbocycles. The molecule has 0 saturated heterocycles. The number of nitrogens with zero attached hydrogens (tertiary/aromatic N) is 13. The van der Waals surface area contributed by atoms with Crippen molar-refractivity contribution in [1.29, 1.82) is 0 Å². The summed E-state index contributed by atoms with van der Waals surface area (Å²) in [5.41, 5.74) is 10.1. The van der Waals surface area contributed by atoms with E-state index in [0.717, 1.165) is 96.2 Å². The number of esters is 3. The summed E-state index contributed by atoms with van der Waals surface area (Å²) in [6.07, 6.45) is 24.7. The molecule has 0 aliphatic carbocycles. The second-order valence-electron chi connectivity index (χ2n) is 39.8. The number of benzene rings is 3. The number of rotatable bonds is 29. The van der Waals surface area contributed by atoms with E-state index in [1.54, 1.807) is 34.2 Å². The number of aromatic nitrogens is 12. The topological polar surface area (TPSA) is 269 Å². The molecule has 7 heterocycles. The van der Waals surface area contributed by atoms with Crippen LogP contribution in [0.15, 0.2) is 170 Å². The van der Waals surface area contributed by atoms with Crippen LogP contribution in [-0.4, -0.2) is 167 Å². The first-order valence-electron chi connectivity index (χ1n) is 44.0. The second-order valence-corrected chi connectivity index (χ2v) is 65.6. The normalized spacial score (nSPS) is 12.2. The van der Waals surface area contributed by atoms with Gasteiger partial charge >= 0.3 is 17.9 Å². The maximum Gasteiger partial charge on any atom is 0.326 e. The Kier molecular flexibility index (Phi) is 49.6. The fourth-order valence-electron chi connectivity index (χ4n) is 9.60. The van der Waals surface area contributed by atoms with E-state index in [2.05, 4.69) is 255 Å². The summed E-state index contributed by atoms with van der Waals surface area (Å²) in [5.74, 6) is 0.206. The van der Waals surface area contributed by atoms with Crippen LogP contribution >= 0.6 is 15.9 Å². The van der Waals surface area contributed by atoms with Gasteiger partial charge in [0.05, 0.1) is 68.8 Å². The van der Waals surface area contributed by atoms with Gasteiger partial charge < -0.3 is 59.3 Å². The summed E-state index contributed by atoms with van der Waals surface area (Å²) >= 11 is 3.01. The molecule has 10 rings (SSSR count). The highest BCUT2D eigenvalue weighted by Gasteiger charge is 2.40. The molecule has 9 aromatic rings. The SMILES string of the molecule is CC(C)(C)[Si](C)(C)C.CC1=CCC=N1.Cc1cn(CC(=O)OCc2ccccc2)cn1.Cc1cn(CCO[Si](C)(C)C(C)(C)C)c(C=O)n1.Cc1cn(CCO[Si](C)(C)C(C)(C)C)cn1.Cc1cnc(C=O)n1CCO[Si](C)(C)C(C)(C)C.Cc1cncn1CC(=O)OCc1ccccc1.Cc1cncn1CCO[Si](C)(C)C(C)(C)C.O=C(CBr)OCc1ccccc1. The van der Waals surface area contributed by atoms with Crippen LogP contribution in [0.3, 0.4) is 0 Å². The Morgan fingerprint density at radius 3 is 1.10 bits per heavy atom. The number of halogens is 1. The summed E-state index contributed by atoms with van der Waals surface area (Å²) in [6, 6.07) is 28.8. The molecule has 6 aromatic heterocycles. The number of hydrogen-bond donors (Lipinski definition) is 0. The molecular weight excluding hydrogens is 1760 g/mol. The molecule has 3 aromatic carbocycles. The Labute approximate surface area is 781 Å². The van der Waals surface area contributed by atoms with Crippen molar-refractivity contribution in [1.82, 2.24) is 57.3 Å². The second kappa shape index (κ2) is 55.0. The number of alkyl halides is 1. The molecule has 0 unspecified atom stereocenters. The highest BCUT2D eigenvalue weighted by Crippen LogP contribution is 2.40. The number of carbonyl (C=O) groups excluding carboxylic acids is 5. The zero-order valence-electron chi connectivity index (χ0n) is 83.9.